The topological polar surface area (TPSA) is 112 Å². The van der Waals surface area contributed by atoms with E-state index in [0.29, 0.717) is 43.0 Å². The van der Waals surface area contributed by atoms with E-state index < -0.39 is 21.4 Å². The van der Waals surface area contributed by atoms with E-state index >= 15 is 0 Å². The molecule has 0 aliphatic heterocycles. The summed E-state index contributed by atoms with van der Waals surface area (Å²) >= 11 is 0. The number of hydrogen-bond donors (Lipinski definition) is 0. The van der Waals surface area contributed by atoms with Gasteiger partial charge in [0.05, 0.1) is 0 Å². The molecule has 0 amide bonds. The lowest BCUT2D eigenvalue weighted by atomic mass is 9.77. The summed E-state index contributed by atoms with van der Waals surface area (Å²) in [5.41, 5.74) is 2.30. The molecule has 0 radical (unpaired) electrons. The van der Waals surface area contributed by atoms with Crippen LogP contribution in [0.3, 0.4) is 0 Å². The Morgan fingerprint density at radius 2 is 1.25 bits per heavy atom. The van der Waals surface area contributed by atoms with Gasteiger partial charge in [0.2, 0.25) is 0 Å². The van der Waals surface area contributed by atoms with Crippen LogP contribution in [0.5, 0.6) is 5.75 Å². The molecule has 0 saturated heterocycles. The van der Waals surface area contributed by atoms with Gasteiger partial charge in [0, 0.05) is 50.4 Å². The molecule has 0 spiro atoms. The molecule has 2 aliphatic carbocycles. The third-order valence-electron chi connectivity index (χ3n) is 10.5. The van der Waals surface area contributed by atoms with E-state index in [-0.39, 0.29) is 46.9 Å². The fourth-order valence-corrected chi connectivity index (χ4v) is 7.80. The maximum atomic E-state index is 12.3. The Morgan fingerprint density at radius 1 is 0.705 bits per heavy atom. The van der Waals surface area contributed by atoms with Gasteiger partial charge in [-0.15, -0.1) is 0 Å². The fraction of sp³-hybridized carbons (Fsp3) is 0.440. The minimum Gasteiger partial charge on any atom is -0.376 e. The molecule has 0 fully saturated rings. The highest BCUT2D eigenvalue weighted by Crippen LogP contribution is 2.42. The lowest BCUT2D eigenvalue weighted by Gasteiger charge is -2.26. The number of aryl methyl sites for hydroxylation is 3. The van der Waals surface area contributed by atoms with Crippen molar-refractivity contribution in [2.24, 2.45) is 10.8 Å². The molecule has 6 rings (SSSR count). The summed E-state index contributed by atoms with van der Waals surface area (Å²) in [6, 6.07) is 30.0. The largest absolute Gasteiger partial charge is 0.534 e. The van der Waals surface area contributed by atoms with E-state index in [1.165, 1.54) is 46.0 Å². The monoisotopic (exact) mass is 862 g/mol. The van der Waals surface area contributed by atoms with Crippen molar-refractivity contribution in [1.29, 1.82) is 0 Å². The van der Waals surface area contributed by atoms with Gasteiger partial charge in [-0.05, 0) is 75.6 Å². The number of carbonyl (C=O) groups is 4. The quantitative estimate of drug-likeness (QED) is 0.122. The van der Waals surface area contributed by atoms with E-state index in [1.807, 2.05) is 49.4 Å². The Kier molecular flexibility index (Phi) is 18.0. The van der Waals surface area contributed by atoms with Gasteiger partial charge in [0.25, 0.3) is 0 Å². The zero-order valence-electron chi connectivity index (χ0n) is 36.9. The standard InChI is InChI=1S/C14H20O.C13H16O.C12H13F3O4S.C11H12O/c1-11-7-5-6-8-12(11)9-13(15)10-14(2,3)4;1-13(2,3)12-10-7-5-4-6-9(10)8-11(12)14;1-2-10(16)8-7-9-5-3-4-6-11(9)19-20(17,18)12(13,14)15;1-8-10-5-3-2-4-9(10)6-7-11(8)12/h5-8H,9-10H2,1-4H3;4-7,12H,8H2,1-3H3;3-6H,2,7-8H2,1H3;2-5,8H,6-7H2,1H3. The SMILES string of the molecule is CC(C)(C)C1C(=O)Cc2ccccc21.CC1C(=O)CCc2ccccc21.CCC(=O)CCc1ccccc1OS(=O)(=O)C(F)(F)F.Cc1ccccc1CC(=O)CC(C)(C)C. The number of fused-ring (bicyclic) bond motifs is 2. The van der Waals surface area contributed by atoms with Gasteiger partial charge in [-0.2, -0.15) is 21.6 Å². The molecule has 0 bridgehead atoms. The van der Waals surface area contributed by atoms with Crippen LogP contribution in [0.2, 0.25) is 0 Å². The number of alkyl halides is 3. The first kappa shape index (κ1) is 50.5. The van der Waals surface area contributed by atoms with Gasteiger partial charge in [0.15, 0.2) is 0 Å². The minimum atomic E-state index is -5.70. The Bertz CT molecular complexity index is 2250. The number of halogens is 3. The second kappa shape index (κ2) is 21.8. The molecule has 2 unspecified atom stereocenters. The van der Waals surface area contributed by atoms with Crippen LogP contribution in [0.15, 0.2) is 97.1 Å². The van der Waals surface area contributed by atoms with Crippen molar-refractivity contribution in [1.82, 2.24) is 0 Å². The van der Waals surface area contributed by atoms with Crippen molar-refractivity contribution >= 4 is 33.3 Å². The molecule has 2 atom stereocenters. The number of ketones is 4. The maximum absolute atomic E-state index is 12.3. The van der Waals surface area contributed by atoms with Crippen LogP contribution in [-0.4, -0.2) is 37.1 Å². The molecule has 330 valence electrons. The van der Waals surface area contributed by atoms with Crippen LogP contribution in [0, 0.1) is 17.8 Å². The second-order valence-electron chi connectivity index (χ2n) is 17.9. The summed E-state index contributed by atoms with van der Waals surface area (Å²) in [5.74, 6) is 0.824. The first-order chi connectivity index (χ1) is 28.3. The lowest BCUT2D eigenvalue weighted by molar-refractivity contribution is -0.121. The molecular formula is C50H61F3O7S. The normalized spacial score (nSPS) is 16.0. The molecule has 7 nitrogen and oxygen atoms in total. The Morgan fingerprint density at radius 3 is 1.82 bits per heavy atom. The molecular weight excluding hydrogens is 802 g/mol. The summed E-state index contributed by atoms with van der Waals surface area (Å²) in [6.45, 7) is 18.4. The molecule has 11 heteroatoms. The van der Waals surface area contributed by atoms with Gasteiger partial charge in [-0.3, -0.25) is 19.2 Å². The minimum absolute atomic E-state index is 0.0453. The average molecular weight is 863 g/mol. The van der Waals surface area contributed by atoms with Gasteiger partial charge in [-0.1, -0.05) is 146 Å². The summed E-state index contributed by atoms with van der Waals surface area (Å²) in [5, 5.41) is 0. The van der Waals surface area contributed by atoms with Crippen molar-refractivity contribution in [2.75, 3.05) is 0 Å². The summed E-state index contributed by atoms with van der Waals surface area (Å²) < 4.78 is 62.8. The molecule has 4 aromatic rings. The highest BCUT2D eigenvalue weighted by molar-refractivity contribution is 7.88. The average Bonchev–Trinajstić information content (AvgIpc) is 3.53. The summed E-state index contributed by atoms with van der Waals surface area (Å²) in [4.78, 5) is 46.2. The number of carbonyl (C=O) groups excluding carboxylic acids is 4. The van der Waals surface area contributed by atoms with Crippen molar-refractivity contribution in [3.63, 3.8) is 0 Å². The van der Waals surface area contributed by atoms with Crippen molar-refractivity contribution in [3.8, 4) is 5.75 Å². The van der Waals surface area contributed by atoms with E-state index in [0.717, 1.165) is 24.5 Å². The number of Topliss-reactive ketones (excluding diaryl/α,β-unsaturated/α-hetero) is 4. The third kappa shape index (κ3) is 15.5. The molecule has 0 N–H and O–H groups in total. The fourth-order valence-electron chi connectivity index (χ4n) is 7.30. The molecule has 0 saturated carbocycles. The van der Waals surface area contributed by atoms with Gasteiger partial charge in [0.1, 0.15) is 28.9 Å². The maximum Gasteiger partial charge on any atom is 0.534 e. The van der Waals surface area contributed by atoms with E-state index in [9.17, 15) is 40.8 Å². The number of benzene rings is 4. The van der Waals surface area contributed by atoms with Crippen LogP contribution >= 0.6 is 0 Å². The molecule has 2 aliphatic rings. The lowest BCUT2D eigenvalue weighted by Crippen LogP contribution is -2.28. The zero-order valence-corrected chi connectivity index (χ0v) is 37.8. The smallest absolute Gasteiger partial charge is 0.376 e. The summed E-state index contributed by atoms with van der Waals surface area (Å²) in [6.07, 6.45) is 4.05. The van der Waals surface area contributed by atoms with Crippen LogP contribution in [0.4, 0.5) is 13.2 Å². The van der Waals surface area contributed by atoms with Crippen molar-refractivity contribution in [2.45, 2.75) is 131 Å². The molecule has 0 aromatic heterocycles. The first-order valence-corrected chi connectivity index (χ1v) is 22.1. The summed E-state index contributed by atoms with van der Waals surface area (Å²) in [7, 11) is -5.70. The van der Waals surface area contributed by atoms with E-state index in [4.69, 9.17) is 0 Å². The van der Waals surface area contributed by atoms with E-state index in [2.05, 4.69) is 83.0 Å². The zero-order chi connectivity index (χ0) is 45.8. The molecule has 0 heterocycles. The van der Waals surface area contributed by atoms with Crippen LogP contribution < -0.4 is 4.18 Å². The highest BCUT2D eigenvalue weighted by atomic mass is 32.2. The van der Waals surface area contributed by atoms with Crippen LogP contribution in [0.25, 0.3) is 0 Å². The van der Waals surface area contributed by atoms with E-state index in [1.54, 1.807) is 6.92 Å². The third-order valence-corrected chi connectivity index (χ3v) is 11.4. The molecule has 61 heavy (non-hydrogen) atoms. The van der Waals surface area contributed by atoms with Crippen molar-refractivity contribution < 1.29 is 45.0 Å². The van der Waals surface area contributed by atoms with Crippen LogP contribution in [-0.2, 0) is 55.0 Å². The Balaban J connectivity index is 0.000000220. The Hall–Kier alpha value is -4.90. The molecule has 4 aromatic carbocycles. The number of hydrogen-bond acceptors (Lipinski definition) is 7. The van der Waals surface area contributed by atoms with Gasteiger partial charge in [-0.25, -0.2) is 0 Å². The van der Waals surface area contributed by atoms with Gasteiger partial charge < -0.3 is 4.18 Å². The number of para-hydroxylation sites is 1. The van der Waals surface area contributed by atoms with Crippen molar-refractivity contribution in [3.05, 3.63) is 136 Å². The highest BCUT2D eigenvalue weighted by Gasteiger charge is 2.48. The van der Waals surface area contributed by atoms with Gasteiger partial charge >= 0.3 is 15.6 Å². The predicted molar refractivity (Wildman–Crippen MR) is 235 cm³/mol. The predicted octanol–water partition coefficient (Wildman–Crippen LogP) is 11.6. The number of rotatable bonds is 9. The Labute approximate surface area is 360 Å². The second-order valence-corrected chi connectivity index (χ2v) is 19.4. The first-order valence-electron chi connectivity index (χ1n) is 20.7. The van der Waals surface area contributed by atoms with Crippen LogP contribution in [0.1, 0.15) is 132 Å².